The van der Waals surface area contributed by atoms with E-state index in [0.29, 0.717) is 19.1 Å². The molecule has 2 aliphatic rings. The average Bonchev–Trinajstić information content (AvgIpc) is 3.19. The van der Waals surface area contributed by atoms with E-state index < -0.39 is 6.09 Å². The molecule has 18 heavy (non-hydrogen) atoms. The summed E-state index contributed by atoms with van der Waals surface area (Å²) in [4.78, 5) is 12.5. The van der Waals surface area contributed by atoms with Gasteiger partial charge in [-0.25, -0.2) is 4.79 Å². The fourth-order valence-corrected chi connectivity index (χ4v) is 2.56. The van der Waals surface area contributed by atoms with Crippen LogP contribution in [0.4, 0.5) is 4.79 Å². The van der Waals surface area contributed by atoms with E-state index in [0.717, 1.165) is 13.0 Å². The molecule has 1 amide bonds. The van der Waals surface area contributed by atoms with Crippen LogP contribution in [-0.2, 0) is 19.5 Å². The van der Waals surface area contributed by atoms with Crippen LogP contribution in [-0.4, -0.2) is 28.7 Å². The molecular weight excluding hydrogens is 228 g/mol. The summed E-state index contributed by atoms with van der Waals surface area (Å²) < 4.78 is 0. The van der Waals surface area contributed by atoms with Crippen molar-refractivity contribution in [2.24, 2.45) is 0 Å². The predicted molar refractivity (Wildman–Crippen MR) is 68.4 cm³/mol. The Bertz CT molecular complexity index is 469. The Kier molecular flexibility index (Phi) is 2.96. The third-order valence-corrected chi connectivity index (χ3v) is 3.79. The molecule has 4 heteroatoms. The molecular formula is C14H18N2O2. The second-order valence-electron chi connectivity index (χ2n) is 5.16. The molecule has 96 valence electrons. The van der Waals surface area contributed by atoms with Crippen LogP contribution in [0.5, 0.6) is 0 Å². The third kappa shape index (κ3) is 2.34. The Morgan fingerprint density at radius 3 is 3.00 bits per heavy atom. The van der Waals surface area contributed by atoms with Crippen molar-refractivity contribution < 1.29 is 9.90 Å². The Labute approximate surface area is 107 Å². The average molecular weight is 246 g/mol. The van der Waals surface area contributed by atoms with Gasteiger partial charge in [0, 0.05) is 25.7 Å². The molecule has 0 spiro atoms. The molecule has 0 radical (unpaired) electrons. The Balaban J connectivity index is 1.76. The molecule has 1 aliphatic carbocycles. The first-order valence-corrected chi connectivity index (χ1v) is 6.55. The highest BCUT2D eigenvalue weighted by atomic mass is 16.4. The van der Waals surface area contributed by atoms with Crippen LogP contribution in [0.2, 0.25) is 0 Å². The minimum Gasteiger partial charge on any atom is -0.465 e. The van der Waals surface area contributed by atoms with Crippen LogP contribution in [0.25, 0.3) is 0 Å². The van der Waals surface area contributed by atoms with Gasteiger partial charge in [-0.2, -0.15) is 0 Å². The first-order valence-electron chi connectivity index (χ1n) is 6.55. The highest BCUT2D eigenvalue weighted by molar-refractivity contribution is 5.65. The van der Waals surface area contributed by atoms with Gasteiger partial charge in [0.2, 0.25) is 0 Å². The van der Waals surface area contributed by atoms with Crippen molar-refractivity contribution in [2.45, 2.75) is 38.4 Å². The quantitative estimate of drug-likeness (QED) is 0.857. The molecule has 2 N–H and O–H groups in total. The van der Waals surface area contributed by atoms with Crippen LogP contribution < -0.4 is 5.32 Å². The molecule has 0 aromatic heterocycles. The van der Waals surface area contributed by atoms with Crippen molar-refractivity contribution in [1.82, 2.24) is 10.2 Å². The molecule has 1 saturated carbocycles. The maximum atomic E-state index is 11.0. The molecule has 1 heterocycles. The number of carbonyl (C=O) groups is 1. The number of amides is 1. The number of fused-ring (bicyclic) bond motifs is 1. The zero-order valence-corrected chi connectivity index (χ0v) is 10.4. The first-order chi connectivity index (χ1) is 8.74. The highest BCUT2D eigenvalue weighted by Gasteiger charge is 2.23. The number of hydrogen-bond acceptors (Lipinski definition) is 2. The van der Waals surface area contributed by atoms with Crippen molar-refractivity contribution in [3.8, 4) is 0 Å². The van der Waals surface area contributed by atoms with E-state index in [9.17, 15) is 4.79 Å². The van der Waals surface area contributed by atoms with Crippen LogP contribution in [0.3, 0.4) is 0 Å². The number of hydrogen-bond donors (Lipinski definition) is 2. The largest absolute Gasteiger partial charge is 0.465 e. The van der Waals surface area contributed by atoms with Gasteiger partial charge in [-0.15, -0.1) is 0 Å². The Morgan fingerprint density at radius 2 is 2.28 bits per heavy atom. The van der Waals surface area contributed by atoms with Gasteiger partial charge in [-0.3, -0.25) is 0 Å². The standard InChI is InChI=1S/C14H18N2O2/c17-14(18)16-7-6-13-10(8-15-12-4-5-12)2-1-3-11(13)9-16/h1-3,12,15H,4-9H2,(H,17,18). The van der Waals surface area contributed by atoms with Gasteiger partial charge in [0.25, 0.3) is 0 Å². The molecule has 4 nitrogen and oxygen atoms in total. The minimum absolute atomic E-state index is 0.530. The van der Waals surface area contributed by atoms with Gasteiger partial charge in [0.15, 0.2) is 0 Å². The van der Waals surface area contributed by atoms with Crippen molar-refractivity contribution in [1.29, 1.82) is 0 Å². The van der Waals surface area contributed by atoms with E-state index in [4.69, 9.17) is 5.11 Å². The second-order valence-corrected chi connectivity index (χ2v) is 5.16. The van der Waals surface area contributed by atoms with Gasteiger partial charge in [-0.05, 0) is 36.0 Å². The fraction of sp³-hybridized carbons (Fsp3) is 0.500. The third-order valence-electron chi connectivity index (χ3n) is 3.79. The maximum Gasteiger partial charge on any atom is 0.407 e. The number of rotatable bonds is 3. The molecule has 1 aromatic rings. The molecule has 0 unspecified atom stereocenters. The summed E-state index contributed by atoms with van der Waals surface area (Å²) in [5.41, 5.74) is 3.85. The van der Waals surface area contributed by atoms with E-state index in [-0.39, 0.29) is 0 Å². The summed E-state index contributed by atoms with van der Waals surface area (Å²) in [5.74, 6) is 0. The monoisotopic (exact) mass is 246 g/mol. The van der Waals surface area contributed by atoms with Crippen molar-refractivity contribution in [3.63, 3.8) is 0 Å². The second kappa shape index (κ2) is 4.61. The molecule has 1 aromatic carbocycles. The SMILES string of the molecule is O=C(O)N1CCc2c(CNC3CC3)cccc2C1. The number of carboxylic acid groups (broad SMARTS) is 1. The number of benzene rings is 1. The lowest BCUT2D eigenvalue weighted by atomic mass is 9.94. The summed E-state index contributed by atoms with van der Waals surface area (Å²) in [6.45, 7) is 2.06. The minimum atomic E-state index is -0.817. The lowest BCUT2D eigenvalue weighted by Crippen LogP contribution is -2.35. The molecule has 0 atom stereocenters. The molecule has 1 aliphatic heterocycles. The first kappa shape index (κ1) is 11.5. The van der Waals surface area contributed by atoms with Crippen LogP contribution >= 0.6 is 0 Å². The Hall–Kier alpha value is -1.55. The fourth-order valence-electron chi connectivity index (χ4n) is 2.56. The summed E-state index contributed by atoms with van der Waals surface area (Å²) in [7, 11) is 0. The number of nitrogens with zero attached hydrogens (tertiary/aromatic N) is 1. The van der Waals surface area contributed by atoms with Gasteiger partial charge in [0.05, 0.1) is 0 Å². The van der Waals surface area contributed by atoms with E-state index in [1.54, 1.807) is 0 Å². The zero-order valence-electron chi connectivity index (χ0n) is 10.4. The number of nitrogens with one attached hydrogen (secondary N) is 1. The highest BCUT2D eigenvalue weighted by Crippen LogP contribution is 2.24. The summed E-state index contributed by atoms with van der Waals surface area (Å²) in [6.07, 6.45) is 2.61. The maximum absolute atomic E-state index is 11.0. The van der Waals surface area contributed by atoms with Crippen molar-refractivity contribution in [3.05, 3.63) is 34.9 Å². The summed E-state index contributed by atoms with van der Waals surface area (Å²) in [6, 6.07) is 6.95. The van der Waals surface area contributed by atoms with E-state index in [1.807, 2.05) is 12.1 Å². The van der Waals surface area contributed by atoms with Gasteiger partial charge < -0.3 is 15.3 Å². The van der Waals surface area contributed by atoms with Gasteiger partial charge in [0.1, 0.15) is 0 Å². The van der Waals surface area contributed by atoms with Crippen molar-refractivity contribution in [2.75, 3.05) is 6.54 Å². The lowest BCUT2D eigenvalue weighted by molar-refractivity contribution is 0.140. The van der Waals surface area contributed by atoms with Crippen LogP contribution in [0.15, 0.2) is 18.2 Å². The van der Waals surface area contributed by atoms with Gasteiger partial charge >= 0.3 is 6.09 Å². The summed E-state index contributed by atoms with van der Waals surface area (Å²) in [5, 5.41) is 12.6. The van der Waals surface area contributed by atoms with Crippen LogP contribution in [0, 0.1) is 0 Å². The van der Waals surface area contributed by atoms with E-state index in [1.165, 1.54) is 34.4 Å². The topological polar surface area (TPSA) is 52.6 Å². The van der Waals surface area contributed by atoms with Crippen LogP contribution in [0.1, 0.15) is 29.5 Å². The summed E-state index contributed by atoms with van der Waals surface area (Å²) >= 11 is 0. The molecule has 1 fully saturated rings. The van der Waals surface area contributed by atoms with E-state index in [2.05, 4.69) is 11.4 Å². The smallest absolute Gasteiger partial charge is 0.407 e. The molecule has 0 bridgehead atoms. The van der Waals surface area contributed by atoms with Crippen molar-refractivity contribution >= 4 is 6.09 Å². The van der Waals surface area contributed by atoms with E-state index >= 15 is 0 Å². The normalized spacial score (nSPS) is 18.6. The zero-order chi connectivity index (χ0) is 12.5. The predicted octanol–water partition coefficient (Wildman–Crippen LogP) is 1.97. The molecule has 3 rings (SSSR count). The lowest BCUT2D eigenvalue weighted by Gasteiger charge is -2.28. The van der Waals surface area contributed by atoms with Gasteiger partial charge in [-0.1, -0.05) is 18.2 Å². The molecule has 0 saturated heterocycles. The Morgan fingerprint density at radius 1 is 1.44 bits per heavy atom.